The van der Waals surface area contributed by atoms with Crippen molar-refractivity contribution in [3.05, 3.63) is 78.1 Å². The lowest BCUT2D eigenvalue weighted by Gasteiger charge is -2.19. The average molecular weight is 391 g/mol. The fourth-order valence-corrected chi connectivity index (χ4v) is 2.31. The molecule has 0 spiro atoms. The highest BCUT2D eigenvalue weighted by Gasteiger charge is 2.18. The van der Waals surface area contributed by atoms with Gasteiger partial charge in [-0.15, -0.1) is 0 Å². The third-order valence-corrected chi connectivity index (χ3v) is 3.62. The minimum absolute atomic E-state index is 0.148. The number of ether oxygens (including phenoxy) is 2. The molecular formula is C22H21N3O4. The Hall–Kier alpha value is -3.74. The molecule has 7 nitrogen and oxygen atoms in total. The molecule has 0 saturated heterocycles. The van der Waals surface area contributed by atoms with Crippen molar-refractivity contribution < 1.29 is 19.1 Å². The summed E-state index contributed by atoms with van der Waals surface area (Å²) in [6, 6.07) is 15.7. The third kappa shape index (κ3) is 5.87. The van der Waals surface area contributed by atoms with Gasteiger partial charge >= 0.3 is 12.0 Å². The number of nitrogens with zero attached hydrogens (tertiary/aromatic N) is 2. The Morgan fingerprint density at radius 3 is 2.07 bits per heavy atom. The molecule has 0 radical (unpaired) electrons. The molecule has 1 aromatic heterocycles. The number of hydrogen-bond acceptors (Lipinski definition) is 6. The van der Waals surface area contributed by atoms with Gasteiger partial charge in [0.15, 0.2) is 0 Å². The number of aromatic nitrogens is 2. The minimum Gasteiger partial charge on any atom is -0.456 e. The molecule has 0 atom stereocenters. The van der Waals surface area contributed by atoms with E-state index in [1.165, 1.54) is 12.4 Å². The van der Waals surface area contributed by atoms with E-state index in [0.29, 0.717) is 17.0 Å². The van der Waals surface area contributed by atoms with Crippen molar-refractivity contribution in [3.63, 3.8) is 0 Å². The normalized spacial score (nSPS) is 10.9. The van der Waals surface area contributed by atoms with Crippen LogP contribution in [0.1, 0.15) is 41.5 Å². The predicted molar refractivity (Wildman–Crippen MR) is 108 cm³/mol. The number of amides is 1. The molecular weight excluding hydrogens is 370 g/mol. The maximum atomic E-state index is 12.4. The first kappa shape index (κ1) is 20.0. The molecule has 0 saturated carbocycles. The summed E-state index contributed by atoms with van der Waals surface area (Å²) in [5.41, 5.74) is 0.651. The van der Waals surface area contributed by atoms with Crippen LogP contribution in [0.3, 0.4) is 0 Å². The van der Waals surface area contributed by atoms with E-state index in [9.17, 15) is 9.59 Å². The molecule has 2 aromatic carbocycles. The smallest absolute Gasteiger partial charge is 0.338 e. The molecule has 1 N–H and O–H groups in total. The van der Waals surface area contributed by atoms with Gasteiger partial charge in [0.25, 0.3) is 5.91 Å². The van der Waals surface area contributed by atoms with Crippen LogP contribution in [0.25, 0.3) is 0 Å². The number of carbonyl (C=O) groups is 2. The molecule has 0 fully saturated rings. The molecule has 1 amide bonds. The zero-order valence-electron chi connectivity index (χ0n) is 16.4. The van der Waals surface area contributed by atoms with Gasteiger partial charge in [0.2, 0.25) is 0 Å². The lowest BCUT2D eigenvalue weighted by atomic mass is 10.1. The minimum atomic E-state index is -0.569. The largest absolute Gasteiger partial charge is 0.456 e. The quantitative estimate of drug-likeness (QED) is 0.645. The summed E-state index contributed by atoms with van der Waals surface area (Å²) in [6.45, 7) is 5.41. The molecule has 0 bridgehead atoms. The van der Waals surface area contributed by atoms with Crippen molar-refractivity contribution in [2.45, 2.75) is 26.4 Å². The third-order valence-electron chi connectivity index (χ3n) is 3.62. The lowest BCUT2D eigenvalue weighted by molar-refractivity contribution is 0.00695. The Morgan fingerprint density at radius 2 is 1.48 bits per heavy atom. The van der Waals surface area contributed by atoms with Gasteiger partial charge in [-0.1, -0.05) is 18.2 Å². The number of nitrogens with one attached hydrogen (secondary N) is 1. The highest BCUT2D eigenvalue weighted by molar-refractivity contribution is 6.04. The second-order valence-electron chi connectivity index (χ2n) is 7.20. The van der Waals surface area contributed by atoms with E-state index >= 15 is 0 Å². The average Bonchev–Trinajstić information content (AvgIpc) is 2.68. The number of carbonyl (C=O) groups excluding carboxylic acids is 2. The fraction of sp³-hybridized carbons (Fsp3) is 0.182. The van der Waals surface area contributed by atoms with Crippen LogP contribution >= 0.6 is 0 Å². The van der Waals surface area contributed by atoms with Gasteiger partial charge in [-0.3, -0.25) is 4.79 Å². The van der Waals surface area contributed by atoms with Crippen molar-refractivity contribution in [2.24, 2.45) is 0 Å². The standard InChI is InChI=1S/C22H21N3O4/c1-22(2,3)29-20(27)15-9-11-17(12-10-15)25-19(26)16-13-23-21(24-14-16)28-18-7-5-4-6-8-18/h4-14H,1-3H3,(H,25,26). The van der Waals surface area contributed by atoms with Gasteiger partial charge in [-0.25, -0.2) is 14.8 Å². The molecule has 148 valence electrons. The van der Waals surface area contributed by atoms with E-state index < -0.39 is 11.6 Å². The molecule has 1 heterocycles. The molecule has 3 rings (SSSR count). The number of hydrogen-bond donors (Lipinski definition) is 1. The van der Waals surface area contributed by atoms with Gasteiger partial charge in [-0.05, 0) is 57.2 Å². The Labute approximate surface area is 168 Å². The second kappa shape index (κ2) is 8.52. The summed E-state index contributed by atoms with van der Waals surface area (Å²) >= 11 is 0. The van der Waals surface area contributed by atoms with Crippen molar-refractivity contribution in [1.82, 2.24) is 9.97 Å². The van der Waals surface area contributed by atoms with Crippen molar-refractivity contribution in [1.29, 1.82) is 0 Å². The summed E-state index contributed by atoms with van der Waals surface area (Å²) in [7, 11) is 0. The highest BCUT2D eigenvalue weighted by Crippen LogP contribution is 2.18. The zero-order valence-corrected chi connectivity index (χ0v) is 16.4. The molecule has 0 aliphatic rings. The van der Waals surface area contributed by atoms with Crippen LogP contribution < -0.4 is 10.1 Å². The summed E-state index contributed by atoms with van der Waals surface area (Å²) in [5.74, 6) is -0.186. The summed E-state index contributed by atoms with van der Waals surface area (Å²) < 4.78 is 10.8. The maximum Gasteiger partial charge on any atom is 0.338 e. The van der Waals surface area contributed by atoms with E-state index in [1.54, 1.807) is 57.2 Å². The molecule has 29 heavy (non-hydrogen) atoms. The molecule has 7 heteroatoms. The topological polar surface area (TPSA) is 90.4 Å². The number of rotatable bonds is 5. The molecule has 0 aliphatic carbocycles. The van der Waals surface area contributed by atoms with Gasteiger partial charge < -0.3 is 14.8 Å². The monoisotopic (exact) mass is 391 g/mol. The van der Waals surface area contributed by atoms with E-state index in [2.05, 4.69) is 15.3 Å². The first-order valence-electron chi connectivity index (χ1n) is 9.00. The van der Waals surface area contributed by atoms with Crippen LogP contribution in [0.4, 0.5) is 5.69 Å². The van der Waals surface area contributed by atoms with Crippen LogP contribution in [0.15, 0.2) is 67.0 Å². The van der Waals surface area contributed by atoms with Gasteiger partial charge in [-0.2, -0.15) is 0 Å². The van der Waals surface area contributed by atoms with E-state index in [4.69, 9.17) is 9.47 Å². The van der Waals surface area contributed by atoms with Gasteiger partial charge in [0.05, 0.1) is 11.1 Å². The van der Waals surface area contributed by atoms with Crippen LogP contribution in [0.2, 0.25) is 0 Å². The van der Waals surface area contributed by atoms with Gasteiger partial charge in [0, 0.05) is 18.1 Å². The van der Waals surface area contributed by atoms with Crippen LogP contribution in [0, 0.1) is 0 Å². The van der Waals surface area contributed by atoms with E-state index in [0.717, 1.165) is 0 Å². The Bertz CT molecular complexity index is 979. The Morgan fingerprint density at radius 1 is 0.862 bits per heavy atom. The number of anilines is 1. The van der Waals surface area contributed by atoms with Crippen LogP contribution in [0.5, 0.6) is 11.8 Å². The van der Waals surface area contributed by atoms with E-state index in [-0.39, 0.29) is 17.5 Å². The number of benzene rings is 2. The summed E-state index contributed by atoms with van der Waals surface area (Å²) in [4.78, 5) is 32.5. The summed E-state index contributed by atoms with van der Waals surface area (Å²) in [6.07, 6.45) is 2.77. The Balaban J connectivity index is 1.60. The second-order valence-corrected chi connectivity index (χ2v) is 7.20. The van der Waals surface area contributed by atoms with Gasteiger partial charge in [0.1, 0.15) is 11.4 Å². The SMILES string of the molecule is CC(C)(C)OC(=O)c1ccc(NC(=O)c2cnc(Oc3ccccc3)nc2)cc1. The maximum absolute atomic E-state index is 12.4. The predicted octanol–water partition coefficient (Wildman–Crippen LogP) is 4.48. The molecule has 0 aliphatic heterocycles. The first-order chi connectivity index (χ1) is 13.8. The lowest BCUT2D eigenvalue weighted by Crippen LogP contribution is -2.23. The zero-order chi connectivity index (χ0) is 20.9. The van der Waals surface area contributed by atoms with Crippen molar-refractivity contribution in [3.8, 4) is 11.8 Å². The van der Waals surface area contributed by atoms with Crippen LogP contribution in [-0.4, -0.2) is 27.4 Å². The van der Waals surface area contributed by atoms with E-state index in [1.807, 2.05) is 18.2 Å². The molecule has 3 aromatic rings. The Kier molecular flexibility index (Phi) is 5.87. The van der Waals surface area contributed by atoms with Crippen LogP contribution in [-0.2, 0) is 4.74 Å². The fourth-order valence-electron chi connectivity index (χ4n) is 2.31. The molecule has 0 unspecified atom stereocenters. The van der Waals surface area contributed by atoms with Crippen molar-refractivity contribution in [2.75, 3.05) is 5.32 Å². The van der Waals surface area contributed by atoms with Crippen molar-refractivity contribution >= 4 is 17.6 Å². The number of para-hydroxylation sites is 1. The number of esters is 1. The highest BCUT2D eigenvalue weighted by atomic mass is 16.6. The first-order valence-corrected chi connectivity index (χ1v) is 9.00. The summed E-state index contributed by atoms with van der Waals surface area (Å²) in [5, 5.41) is 2.73.